The maximum absolute atomic E-state index is 12.8. The molecule has 0 aliphatic rings. The lowest BCUT2D eigenvalue weighted by Crippen LogP contribution is -2.30. The zero-order valence-corrected chi connectivity index (χ0v) is 51.3. The van der Waals surface area contributed by atoms with Crippen molar-refractivity contribution in [3.05, 3.63) is 134 Å². The van der Waals surface area contributed by atoms with Crippen LogP contribution in [0.3, 0.4) is 0 Å². The standard InChI is InChI=1S/C73H120O6/c1-4-7-10-13-16-19-22-24-26-27-28-29-30-31-32-33-34-35-36-37-38-39-40-41-42-43-44-45-47-48-51-54-57-60-63-66-72(75)78-69-70(68-77-71(74)65-62-59-56-53-50-21-18-15-12-9-6-3)79-73(76)67-64-61-58-55-52-49-46-25-23-20-17-14-11-8-5-2/h7-8,10-11,16-17,19-20,24-26,28-29,31-32,34-35,46,52,55,61,64,70H,4-6,9,12-15,18,21-23,27,30,33,36-45,47-51,53-54,56-60,62-63,65-69H2,1-3H3/b10-7-,11-8-,19-16-,20-17-,26-24-,29-28-,32-31-,35-34-,46-25-,55-52-,64-61-. The van der Waals surface area contributed by atoms with Crippen molar-refractivity contribution in [3.8, 4) is 0 Å². The van der Waals surface area contributed by atoms with Gasteiger partial charge in [0.05, 0.1) is 6.42 Å². The predicted octanol–water partition coefficient (Wildman–Crippen LogP) is 22.5. The van der Waals surface area contributed by atoms with Crippen LogP contribution in [0, 0.1) is 0 Å². The Morgan fingerprint density at radius 3 is 0.835 bits per heavy atom. The molecular weight excluding hydrogens is 973 g/mol. The molecule has 79 heavy (non-hydrogen) atoms. The van der Waals surface area contributed by atoms with Gasteiger partial charge in [-0.25, -0.2) is 0 Å². The highest BCUT2D eigenvalue weighted by atomic mass is 16.6. The fourth-order valence-corrected chi connectivity index (χ4v) is 8.88. The molecule has 1 atom stereocenters. The fraction of sp³-hybridized carbons (Fsp3) is 0.658. The zero-order valence-electron chi connectivity index (χ0n) is 51.3. The van der Waals surface area contributed by atoms with Gasteiger partial charge in [0, 0.05) is 12.8 Å². The third kappa shape index (κ3) is 64.3. The normalized spacial score (nSPS) is 13.0. The Bertz CT molecular complexity index is 1680. The molecule has 1 unspecified atom stereocenters. The summed E-state index contributed by atoms with van der Waals surface area (Å²) in [7, 11) is 0. The second-order valence-corrected chi connectivity index (χ2v) is 21.3. The van der Waals surface area contributed by atoms with Crippen molar-refractivity contribution in [2.24, 2.45) is 0 Å². The van der Waals surface area contributed by atoms with Crippen molar-refractivity contribution in [1.29, 1.82) is 0 Å². The second kappa shape index (κ2) is 66.1. The summed E-state index contributed by atoms with van der Waals surface area (Å²) in [5.41, 5.74) is 0. The van der Waals surface area contributed by atoms with Crippen molar-refractivity contribution in [2.45, 2.75) is 297 Å². The summed E-state index contributed by atoms with van der Waals surface area (Å²) in [5, 5.41) is 0. The molecule has 0 amide bonds. The van der Waals surface area contributed by atoms with Gasteiger partial charge in [0.1, 0.15) is 13.2 Å². The topological polar surface area (TPSA) is 78.9 Å². The lowest BCUT2D eigenvalue weighted by atomic mass is 10.0. The second-order valence-electron chi connectivity index (χ2n) is 21.3. The van der Waals surface area contributed by atoms with E-state index in [0.29, 0.717) is 12.8 Å². The zero-order chi connectivity index (χ0) is 57.1. The van der Waals surface area contributed by atoms with E-state index in [4.69, 9.17) is 14.2 Å². The first-order valence-corrected chi connectivity index (χ1v) is 32.7. The van der Waals surface area contributed by atoms with E-state index in [1.165, 1.54) is 141 Å². The van der Waals surface area contributed by atoms with Crippen LogP contribution in [-0.4, -0.2) is 37.2 Å². The third-order valence-electron chi connectivity index (χ3n) is 13.7. The van der Waals surface area contributed by atoms with E-state index in [9.17, 15) is 14.4 Å². The SMILES string of the molecule is CC/C=C\C/C=C\C/C=C\C/C=C\C/C=C\C/C=C\CCCCCCCCCCCCCCCCCCC(=O)OCC(COC(=O)CCCCCCCCCCCCC)OC(=O)C/C=C\C/C=C\C/C=C\C/C=C\C/C=C\CC. The molecule has 6 heteroatoms. The molecule has 0 saturated heterocycles. The van der Waals surface area contributed by atoms with Crippen LogP contribution in [0.2, 0.25) is 0 Å². The van der Waals surface area contributed by atoms with E-state index < -0.39 is 12.1 Å². The third-order valence-corrected chi connectivity index (χ3v) is 13.7. The summed E-state index contributed by atoms with van der Waals surface area (Å²) in [4.78, 5) is 38.1. The van der Waals surface area contributed by atoms with Crippen LogP contribution in [-0.2, 0) is 28.6 Å². The molecule has 6 nitrogen and oxygen atoms in total. The molecular formula is C73H120O6. The summed E-state index contributed by atoms with van der Waals surface area (Å²) in [6.45, 7) is 6.33. The van der Waals surface area contributed by atoms with Crippen LogP contribution in [0.15, 0.2) is 134 Å². The summed E-state index contributed by atoms with van der Waals surface area (Å²) in [6, 6.07) is 0. The smallest absolute Gasteiger partial charge is 0.310 e. The lowest BCUT2D eigenvalue weighted by Gasteiger charge is -2.18. The number of allylic oxidation sites excluding steroid dienone is 21. The molecule has 0 radical (unpaired) electrons. The maximum Gasteiger partial charge on any atom is 0.310 e. The summed E-state index contributed by atoms with van der Waals surface area (Å²) in [6.07, 6.45) is 93.7. The van der Waals surface area contributed by atoms with Gasteiger partial charge in [0.15, 0.2) is 6.10 Å². The highest BCUT2D eigenvalue weighted by Gasteiger charge is 2.19. The van der Waals surface area contributed by atoms with E-state index in [1.807, 2.05) is 6.08 Å². The first-order valence-electron chi connectivity index (χ1n) is 32.7. The molecule has 448 valence electrons. The first kappa shape index (κ1) is 74.5. The van der Waals surface area contributed by atoms with Crippen LogP contribution in [0.4, 0.5) is 0 Å². The highest BCUT2D eigenvalue weighted by Crippen LogP contribution is 2.16. The molecule has 0 saturated carbocycles. The Hall–Kier alpha value is -4.45. The summed E-state index contributed by atoms with van der Waals surface area (Å²) in [5.74, 6) is -1.04. The molecule has 0 rings (SSSR count). The first-order chi connectivity index (χ1) is 39.0. The van der Waals surface area contributed by atoms with Crippen LogP contribution < -0.4 is 0 Å². The van der Waals surface area contributed by atoms with Crippen LogP contribution in [0.1, 0.15) is 290 Å². The number of hydrogen-bond acceptors (Lipinski definition) is 6. The van der Waals surface area contributed by atoms with Gasteiger partial charge in [-0.2, -0.15) is 0 Å². The van der Waals surface area contributed by atoms with Gasteiger partial charge >= 0.3 is 17.9 Å². The van der Waals surface area contributed by atoms with Gasteiger partial charge in [-0.15, -0.1) is 0 Å². The number of unbranched alkanes of at least 4 members (excludes halogenated alkanes) is 26. The molecule has 0 heterocycles. The molecule has 0 bridgehead atoms. The molecule has 0 aromatic rings. The van der Waals surface area contributed by atoms with Crippen molar-refractivity contribution < 1.29 is 28.6 Å². The quantitative estimate of drug-likeness (QED) is 0.0261. The van der Waals surface area contributed by atoms with Gasteiger partial charge in [-0.1, -0.05) is 309 Å². The van der Waals surface area contributed by atoms with Crippen LogP contribution in [0.25, 0.3) is 0 Å². The Labute approximate surface area is 487 Å². The number of carbonyl (C=O) groups excluding carboxylic acids is 3. The van der Waals surface area contributed by atoms with Crippen LogP contribution >= 0.6 is 0 Å². The van der Waals surface area contributed by atoms with Gasteiger partial charge < -0.3 is 14.2 Å². The number of rotatable bonds is 58. The molecule has 0 aliphatic carbocycles. The minimum absolute atomic E-state index is 0.0960. The van der Waals surface area contributed by atoms with E-state index in [0.717, 1.165) is 109 Å². The Balaban J connectivity index is 4.17. The minimum atomic E-state index is -0.832. The number of esters is 3. The molecule has 0 N–H and O–H groups in total. The molecule has 0 aliphatic heterocycles. The molecule has 0 aromatic heterocycles. The van der Waals surface area contributed by atoms with E-state index in [-0.39, 0.29) is 31.6 Å². The average molecular weight is 1090 g/mol. The van der Waals surface area contributed by atoms with Gasteiger partial charge in [0.25, 0.3) is 0 Å². The van der Waals surface area contributed by atoms with Gasteiger partial charge in [-0.3, -0.25) is 14.4 Å². The van der Waals surface area contributed by atoms with Crippen molar-refractivity contribution in [3.63, 3.8) is 0 Å². The Kier molecular flexibility index (Phi) is 62.3. The minimum Gasteiger partial charge on any atom is -0.462 e. The predicted molar refractivity (Wildman–Crippen MR) is 343 cm³/mol. The largest absolute Gasteiger partial charge is 0.462 e. The molecule has 0 fully saturated rings. The summed E-state index contributed by atoms with van der Waals surface area (Å²) >= 11 is 0. The average Bonchev–Trinajstić information content (AvgIpc) is 3.45. The monoisotopic (exact) mass is 1090 g/mol. The lowest BCUT2D eigenvalue weighted by molar-refractivity contribution is -0.166. The Morgan fingerprint density at radius 2 is 0.532 bits per heavy atom. The number of hydrogen-bond donors (Lipinski definition) is 0. The fourth-order valence-electron chi connectivity index (χ4n) is 8.88. The van der Waals surface area contributed by atoms with Crippen molar-refractivity contribution in [1.82, 2.24) is 0 Å². The van der Waals surface area contributed by atoms with E-state index in [2.05, 4.69) is 142 Å². The summed E-state index contributed by atoms with van der Waals surface area (Å²) < 4.78 is 16.8. The van der Waals surface area contributed by atoms with E-state index in [1.54, 1.807) is 6.08 Å². The Morgan fingerprint density at radius 1 is 0.278 bits per heavy atom. The van der Waals surface area contributed by atoms with Crippen molar-refractivity contribution >= 4 is 17.9 Å². The van der Waals surface area contributed by atoms with E-state index >= 15 is 0 Å². The highest BCUT2D eigenvalue weighted by molar-refractivity contribution is 5.72. The number of carbonyl (C=O) groups is 3. The maximum atomic E-state index is 12.8. The van der Waals surface area contributed by atoms with Crippen molar-refractivity contribution in [2.75, 3.05) is 13.2 Å². The van der Waals surface area contributed by atoms with Crippen LogP contribution in [0.5, 0.6) is 0 Å². The van der Waals surface area contributed by atoms with Gasteiger partial charge in [0.2, 0.25) is 0 Å². The van der Waals surface area contributed by atoms with Gasteiger partial charge in [-0.05, 0) is 96.3 Å². The molecule has 0 aromatic carbocycles. The molecule has 0 spiro atoms. The number of ether oxygens (including phenoxy) is 3.